The summed E-state index contributed by atoms with van der Waals surface area (Å²) >= 11 is 6.43. The van der Waals surface area contributed by atoms with Crippen molar-refractivity contribution in [3.05, 3.63) is 123 Å². The summed E-state index contributed by atoms with van der Waals surface area (Å²) in [6.07, 6.45) is 1.57. The molecule has 36 heavy (non-hydrogen) atoms. The number of carbonyl (C=O) groups is 2. The third kappa shape index (κ3) is 2.80. The molecule has 1 atom stereocenters. The van der Waals surface area contributed by atoms with E-state index in [4.69, 9.17) is 16.0 Å². The van der Waals surface area contributed by atoms with Gasteiger partial charge in [0.2, 0.25) is 5.76 Å². The van der Waals surface area contributed by atoms with Crippen LogP contribution in [-0.2, 0) is 16.9 Å². The van der Waals surface area contributed by atoms with E-state index in [2.05, 4.69) is 6.58 Å². The van der Waals surface area contributed by atoms with Crippen LogP contribution in [0.1, 0.15) is 27.2 Å². The van der Waals surface area contributed by atoms with Crippen molar-refractivity contribution in [1.82, 2.24) is 4.90 Å². The molecule has 2 aliphatic heterocycles. The first kappa shape index (κ1) is 22.2. The van der Waals surface area contributed by atoms with Gasteiger partial charge in [0.05, 0.1) is 16.6 Å². The number of hydrogen-bond donors (Lipinski definition) is 0. The van der Waals surface area contributed by atoms with Crippen LogP contribution in [0.25, 0.3) is 11.0 Å². The third-order valence-electron chi connectivity index (χ3n) is 6.80. The van der Waals surface area contributed by atoms with Gasteiger partial charge in [0.15, 0.2) is 11.0 Å². The van der Waals surface area contributed by atoms with Crippen LogP contribution in [0.15, 0.2) is 88.6 Å². The minimum Gasteiger partial charge on any atom is -0.450 e. The minimum absolute atomic E-state index is 0.0482. The van der Waals surface area contributed by atoms with Gasteiger partial charge in [0.1, 0.15) is 11.4 Å². The lowest BCUT2D eigenvalue weighted by molar-refractivity contribution is -0.126. The lowest BCUT2D eigenvalue weighted by Gasteiger charge is -2.34. The fourth-order valence-corrected chi connectivity index (χ4v) is 5.49. The summed E-state index contributed by atoms with van der Waals surface area (Å²) in [6, 6.07) is 17.5. The van der Waals surface area contributed by atoms with Gasteiger partial charge in [-0.05, 0) is 35.9 Å². The Morgan fingerprint density at radius 1 is 1.03 bits per heavy atom. The van der Waals surface area contributed by atoms with Crippen molar-refractivity contribution >= 4 is 40.1 Å². The fourth-order valence-electron chi connectivity index (χ4n) is 5.29. The summed E-state index contributed by atoms with van der Waals surface area (Å²) in [5, 5.41) is 0.359. The number of benzene rings is 3. The van der Waals surface area contributed by atoms with Crippen LogP contribution in [-0.4, -0.2) is 23.3 Å². The molecule has 0 N–H and O–H groups in total. The third-order valence-corrected chi connectivity index (χ3v) is 7.16. The van der Waals surface area contributed by atoms with E-state index < -0.39 is 28.6 Å². The van der Waals surface area contributed by atoms with E-state index in [-0.39, 0.29) is 35.4 Å². The van der Waals surface area contributed by atoms with Crippen molar-refractivity contribution in [2.45, 2.75) is 12.1 Å². The van der Waals surface area contributed by atoms with Gasteiger partial charge in [-0.1, -0.05) is 54.1 Å². The van der Waals surface area contributed by atoms with Crippen molar-refractivity contribution in [3.63, 3.8) is 0 Å². The lowest BCUT2D eigenvalue weighted by atomic mass is 9.83. The van der Waals surface area contributed by atoms with E-state index in [0.29, 0.717) is 21.8 Å². The second-order valence-electron chi connectivity index (χ2n) is 8.69. The number of rotatable bonds is 4. The molecule has 3 heterocycles. The molecule has 1 spiro atoms. The van der Waals surface area contributed by atoms with Crippen LogP contribution in [0.3, 0.4) is 0 Å². The Morgan fingerprint density at radius 2 is 1.78 bits per heavy atom. The molecule has 0 aliphatic carbocycles. The van der Waals surface area contributed by atoms with E-state index in [9.17, 15) is 18.8 Å². The average molecular weight is 501 g/mol. The predicted octanol–water partition coefficient (Wildman–Crippen LogP) is 5.02. The highest BCUT2D eigenvalue weighted by molar-refractivity contribution is 6.31. The molecule has 0 bridgehead atoms. The summed E-state index contributed by atoms with van der Waals surface area (Å²) < 4.78 is 20.1. The van der Waals surface area contributed by atoms with Gasteiger partial charge in [-0.2, -0.15) is 0 Å². The van der Waals surface area contributed by atoms with Gasteiger partial charge < -0.3 is 14.2 Å². The topological polar surface area (TPSA) is 70.8 Å². The Bertz CT molecular complexity index is 1680. The first-order chi connectivity index (χ1) is 17.4. The number of anilines is 1. The second-order valence-corrected chi connectivity index (χ2v) is 9.10. The Balaban J connectivity index is 1.72. The molecule has 1 aromatic heterocycles. The maximum atomic E-state index is 14.3. The number of carbonyl (C=O) groups excluding carboxylic acids is 2. The molecule has 0 radical (unpaired) electrons. The molecule has 3 aromatic carbocycles. The molecule has 0 fully saturated rings. The zero-order valence-corrected chi connectivity index (χ0v) is 19.6. The average Bonchev–Trinajstić information content (AvgIpc) is 3.26. The number of fused-ring (bicyclic) bond motifs is 5. The number of halogens is 2. The van der Waals surface area contributed by atoms with Crippen molar-refractivity contribution < 1.29 is 18.4 Å². The Morgan fingerprint density at radius 3 is 2.56 bits per heavy atom. The zero-order valence-electron chi connectivity index (χ0n) is 18.8. The highest BCUT2D eigenvalue weighted by Crippen LogP contribution is 2.53. The van der Waals surface area contributed by atoms with Gasteiger partial charge in [0.25, 0.3) is 11.8 Å². The van der Waals surface area contributed by atoms with Crippen molar-refractivity contribution in [2.75, 3.05) is 11.4 Å². The van der Waals surface area contributed by atoms with E-state index in [1.807, 2.05) is 0 Å². The van der Waals surface area contributed by atoms with Gasteiger partial charge >= 0.3 is 0 Å². The molecule has 4 aromatic rings. The van der Waals surface area contributed by atoms with Gasteiger partial charge in [-0.25, -0.2) is 4.39 Å². The van der Waals surface area contributed by atoms with Crippen LogP contribution in [0.5, 0.6) is 0 Å². The number of nitrogens with zero attached hydrogens (tertiary/aromatic N) is 2. The monoisotopic (exact) mass is 500 g/mol. The molecular weight excluding hydrogens is 483 g/mol. The molecule has 6 nitrogen and oxygen atoms in total. The molecule has 2 aliphatic rings. The van der Waals surface area contributed by atoms with Crippen LogP contribution in [0.4, 0.5) is 10.1 Å². The molecule has 0 saturated heterocycles. The molecule has 6 rings (SSSR count). The standard InChI is InChI=1S/C28H18ClFN2O4/c1-2-13-31-21-10-6-4-8-19(21)28(27(31)35)23-24(33)18-14-17(30)11-12-22(18)36-25(23)26(34)32(28)15-16-7-3-5-9-20(16)29/h2-12,14H,1,13,15H2. The highest BCUT2D eigenvalue weighted by Gasteiger charge is 2.64. The van der Waals surface area contributed by atoms with Gasteiger partial charge in [0, 0.05) is 23.7 Å². The van der Waals surface area contributed by atoms with E-state index in [1.54, 1.807) is 54.6 Å². The first-order valence-electron chi connectivity index (χ1n) is 11.2. The highest BCUT2D eigenvalue weighted by atomic mass is 35.5. The Labute approximate surface area is 209 Å². The number of para-hydroxylation sites is 1. The second kappa shape index (κ2) is 7.90. The minimum atomic E-state index is -1.81. The lowest BCUT2D eigenvalue weighted by Crippen LogP contribution is -2.53. The maximum Gasteiger partial charge on any atom is 0.291 e. The zero-order chi connectivity index (χ0) is 25.2. The molecule has 2 amide bonds. The molecule has 178 valence electrons. The largest absolute Gasteiger partial charge is 0.450 e. The first-order valence-corrected chi connectivity index (χ1v) is 11.6. The summed E-state index contributed by atoms with van der Waals surface area (Å²) in [6.45, 7) is 3.86. The summed E-state index contributed by atoms with van der Waals surface area (Å²) in [5.74, 6) is -2.00. The quantitative estimate of drug-likeness (QED) is 0.369. The molecule has 1 unspecified atom stereocenters. The Hall–Kier alpha value is -4.23. The van der Waals surface area contributed by atoms with Crippen LogP contribution in [0, 0.1) is 5.82 Å². The van der Waals surface area contributed by atoms with Gasteiger partial charge in [-0.15, -0.1) is 6.58 Å². The van der Waals surface area contributed by atoms with E-state index in [1.165, 1.54) is 15.9 Å². The van der Waals surface area contributed by atoms with Crippen LogP contribution >= 0.6 is 11.6 Å². The van der Waals surface area contributed by atoms with Crippen molar-refractivity contribution in [1.29, 1.82) is 0 Å². The maximum absolute atomic E-state index is 14.3. The van der Waals surface area contributed by atoms with Crippen LogP contribution in [0.2, 0.25) is 5.02 Å². The normalized spacial score (nSPS) is 18.3. The number of hydrogen-bond acceptors (Lipinski definition) is 4. The predicted molar refractivity (Wildman–Crippen MR) is 134 cm³/mol. The SMILES string of the molecule is C=CCN1C(=O)C2(c3ccccc31)c1c(oc3ccc(F)cc3c1=O)C(=O)N2Cc1ccccc1Cl. The van der Waals surface area contributed by atoms with Crippen molar-refractivity contribution in [3.8, 4) is 0 Å². The molecule has 0 saturated carbocycles. The molecular formula is C28H18ClFN2O4. The number of amides is 2. The van der Waals surface area contributed by atoms with Crippen LogP contribution < -0.4 is 10.3 Å². The molecule has 8 heteroatoms. The fraction of sp³-hybridized carbons (Fsp3) is 0.107. The summed E-state index contributed by atoms with van der Waals surface area (Å²) in [5.41, 5.74) is -0.914. The van der Waals surface area contributed by atoms with Crippen molar-refractivity contribution in [2.24, 2.45) is 0 Å². The van der Waals surface area contributed by atoms with E-state index >= 15 is 0 Å². The smallest absolute Gasteiger partial charge is 0.291 e. The summed E-state index contributed by atoms with van der Waals surface area (Å²) in [7, 11) is 0. The Kier molecular flexibility index (Phi) is 4.88. The van der Waals surface area contributed by atoms with Gasteiger partial charge in [-0.3, -0.25) is 14.4 Å². The van der Waals surface area contributed by atoms with E-state index in [0.717, 1.165) is 12.1 Å². The summed E-state index contributed by atoms with van der Waals surface area (Å²) in [4.78, 5) is 45.0.